The number of ether oxygens (including phenoxy) is 6. The Bertz CT molecular complexity index is 841. The maximum absolute atomic E-state index is 11.8. The zero-order valence-electron chi connectivity index (χ0n) is 19.2. The highest BCUT2D eigenvalue weighted by molar-refractivity contribution is 5.66. The predicted octanol–water partition coefficient (Wildman–Crippen LogP) is 3.10. The molecule has 0 radical (unpaired) electrons. The number of hydrogen-bond acceptors (Lipinski definition) is 8. The fourth-order valence-electron chi connectivity index (χ4n) is 3.54. The van der Waals surface area contributed by atoms with Crippen LogP contribution in [0, 0.1) is 0 Å². The molecule has 8 nitrogen and oxygen atoms in total. The number of carbonyl (C=O) groups is 1. The number of hydrogen-bond donors (Lipinski definition) is 1. The Morgan fingerprint density at radius 2 is 1.73 bits per heavy atom. The van der Waals surface area contributed by atoms with E-state index in [1.807, 2.05) is 37.3 Å². The molecule has 5 atom stereocenters. The van der Waals surface area contributed by atoms with E-state index < -0.39 is 36.7 Å². The van der Waals surface area contributed by atoms with Gasteiger partial charge in [-0.15, -0.1) is 0 Å². The van der Waals surface area contributed by atoms with Gasteiger partial charge in [-0.3, -0.25) is 4.79 Å². The molecule has 1 saturated heterocycles. The van der Waals surface area contributed by atoms with Crippen LogP contribution in [0.2, 0.25) is 0 Å². The summed E-state index contributed by atoms with van der Waals surface area (Å²) in [7, 11) is 1.58. The molecule has 0 spiro atoms. The first-order valence-electron chi connectivity index (χ1n) is 11.1. The monoisotopic (exact) mass is 460 g/mol. The minimum atomic E-state index is -1.08. The Hall–Kier alpha value is -2.65. The summed E-state index contributed by atoms with van der Waals surface area (Å²) in [5, 5.41) is 11.0. The van der Waals surface area contributed by atoms with E-state index in [1.54, 1.807) is 31.4 Å². The maximum atomic E-state index is 11.8. The van der Waals surface area contributed by atoms with Crippen LogP contribution in [0.1, 0.15) is 25.8 Å². The van der Waals surface area contributed by atoms with Gasteiger partial charge in [0.2, 0.25) is 6.29 Å². The van der Waals surface area contributed by atoms with Gasteiger partial charge in [0.1, 0.15) is 29.8 Å². The molecule has 0 aliphatic carbocycles. The third-order valence-corrected chi connectivity index (χ3v) is 5.14. The second-order valence-corrected chi connectivity index (χ2v) is 7.74. The number of esters is 1. The zero-order chi connectivity index (χ0) is 23.6. The lowest BCUT2D eigenvalue weighted by Crippen LogP contribution is -2.62. The second kappa shape index (κ2) is 12.6. The zero-order valence-corrected chi connectivity index (χ0v) is 19.2. The molecule has 0 amide bonds. The Labute approximate surface area is 194 Å². The Morgan fingerprint density at radius 3 is 2.36 bits per heavy atom. The van der Waals surface area contributed by atoms with Gasteiger partial charge in [0.25, 0.3) is 0 Å². The molecule has 8 heteroatoms. The molecule has 0 aromatic heterocycles. The van der Waals surface area contributed by atoms with Gasteiger partial charge in [0.05, 0.1) is 20.3 Å². The molecule has 0 unspecified atom stereocenters. The van der Waals surface area contributed by atoms with Crippen molar-refractivity contribution in [2.45, 2.75) is 57.6 Å². The number of benzene rings is 2. The third-order valence-electron chi connectivity index (χ3n) is 5.14. The molecule has 1 heterocycles. The molecule has 2 aromatic carbocycles. The molecular weight excluding hydrogens is 428 g/mol. The number of rotatable bonds is 11. The van der Waals surface area contributed by atoms with Gasteiger partial charge in [0.15, 0.2) is 6.10 Å². The summed E-state index contributed by atoms with van der Waals surface area (Å²) in [4.78, 5) is 11.8. The summed E-state index contributed by atoms with van der Waals surface area (Å²) >= 11 is 0. The van der Waals surface area contributed by atoms with Crippen molar-refractivity contribution >= 4 is 5.97 Å². The van der Waals surface area contributed by atoms with Crippen LogP contribution in [-0.4, -0.2) is 62.1 Å². The first-order valence-corrected chi connectivity index (χ1v) is 11.1. The van der Waals surface area contributed by atoms with Crippen LogP contribution >= 0.6 is 0 Å². The van der Waals surface area contributed by atoms with Crippen LogP contribution in [0.15, 0.2) is 54.6 Å². The second-order valence-electron chi connectivity index (χ2n) is 7.74. The van der Waals surface area contributed by atoms with E-state index in [4.69, 9.17) is 28.4 Å². The van der Waals surface area contributed by atoms with Gasteiger partial charge in [-0.05, 0) is 36.2 Å². The van der Waals surface area contributed by atoms with Crippen LogP contribution in [0.3, 0.4) is 0 Å². The standard InChI is InChI=1S/C25H32O8/c1-4-14-30-23-22(27)21(16-29-15-18-8-6-5-7-9-18)33-25(24(23)31-17(2)26)32-20-12-10-19(28-3)11-13-20/h5-13,21-25,27H,4,14-16H2,1-3H3/t21-,22+,23-,24-,25+/m0/s1. The average Bonchev–Trinajstić information content (AvgIpc) is 2.82. The van der Waals surface area contributed by atoms with Crippen molar-refractivity contribution in [3.8, 4) is 11.5 Å². The number of methoxy groups -OCH3 is 1. The predicted molar refractivity (Wildman–Crippen MR) is 120 cm³/mol. The number of aliphatic hydroxyl groups is 1. The van der Waals surface area contributed by atoms with E-state index in [-0.39, 0.29) is 6.61 Å². The largest absolute Gasteiger partial charge is 0.497 e. The lowest BCUT2D eigenvalue weighted by atomic mass is 9.98. The third kappa shape index (κ3) is 7.17. The van der Waals surface area contributed by atoms with Crippen LogP contribution in [0.5, 0.6) is 11.5 Å². The summed E-state index contributed by atoms with van der Waals surface area (Å²) < 4.78 is 34.4. The van der Waals surface area contributed by atoms with Gasteiger partial charge in [-0.25, -0.2) is 0 Å². The van der Waals surface area contributed by atoms with Crippen molar-refractivity contribution in [1.82, 2.24) is 0 Å². The van der Waals surface area contributed by atoms with E-state index in [1.165, 1.54) is 6.92 Å². The Morgan fingerprint density at radius 1 is 1.03 bits per heavy atom. The summed E-state index contributed by atoms with van der Waals surface area (Å²) in [6.07, 6.45) is -3.89. The molecular formula is C25H32O8. The summed E-state index contributed by atoms with van der Waals surface area (Å²) in [5.41, 5.74) is 1.01. The van der Waals surface area contributed by atoms with Crippen molar-refractivity contribution < 1.29 is 38.3 Å². The van der Waals surface area contributed by atoms with Gasteiger partial charge in [-0.1, -0.05) is 37.3 Å². The first-order chi connectivity index (χ1) is 16.0. The van der Waals surface area contributed by atoms with Crippen LogP contribution < -0.4 is 9.47 Å². The van der Waals surface area contributed by atoms with Crippen LogP contribution in [-0.2, 0) is 30.3 Å². The lowest BCUT2D eigenvalue weighted by Gasteiger charge is -2.43. The quantitative estimate of drug-likeness (QED) is 0.512. The lowest BCUT2D eigenvalue weighted by molar-refractivity contribution is -0.291. The van der Waals surface area contributed by atoms with Crippen molar-refractivity contribution in [2.75, 3.05) is 20.3 Å². The van der Waals surface area contributed by atoms with Crippen molar-refractivity contribution in [3.05, 3.63) is 60.2 Å². The molecule has 180 valence electrons. The molecule has 33 heavy (non-hydrogen) atoms. The molecule has 1 N–H and O–H groups in total. The smallest absolute Gasteiger partial charge is 0.303 e. The Kier molecular flexibility index (Phi) is 9.50. The summed E-state index contributed by atoms with van der Waals surface area (Å²) in [5.74, 6) is 0.644. The molecule has 0 saturated carbocycles. The molecule has 0 bridgehead atoms. The van der Waals surface area contributed by atoms with Crippen molar-refractivity contribution in [2.24, 2.45) is 0 Å². The van der Waals surface area contributed by atoms with E-state index >= 15 is 0 Å². The fourth-order valence-corrected chi connectivity index (χ4v) is 3.54. The SMILES string of the molecule is CCCO[C@H]1[C@H](O)[C@H](COCc2ccccc2)O[C@@H](Oc2ccc(OC)cc2)[C@H]1OC(C)=O. The van der Waals surface area contributed by atoms with Gasteiger partial charge in [0, 0.05) is 13.5 Å². The maximum Gasteiger partial charge on any atom is 0.303 e. The fraction of sp³-hybridized carbons (Fsp3) is 0.480. The summed E-state index contributed by atoms with van der Waals surface area (Å²) in [6.45, 7) is 4.11. The van der Waals surface area contributed by atoms with Gasteiger partial charge < -0.3 is 33.5 Å². The van der Waals surface area contributed by atoms with E-state index in [2.05, 4.69) is 0 Å². The van der Waals surface area contributed by atoms with E-state index in [9.17, 15) is 9.90 Å². The highest BCUT2D eigenvalue weighted by Gasteiger charge is 2.49. The topological polar surface area (TPSA) is 92.7 Å². The van der Waals surface area contributed by atoms with E-state index in [0.717, 1.165) is 12.0 Å². The highest BCUT2D eigenvalue weighted by Crippen LogP contribution is 2.29. The molecule has 3 rings (SSSR count). The van der Waals surface area contributed by atoms with E-state index in [0.29, 0.717) is 24.7 Å². The minimum absolute atomic E-state index is 0.108. The first kappa shape index (κ1) is 25.0. The van der Waals surface area contributed by atoms with Crippen LogP contribution in [0.4, 0.5) is 0 Å². The molecule has 1 fully saturated rings. The highest BCUT2D eigenvalue weighted by atomic mass is 16.7. The average molecular weight is 461 g/mol. The minimum Gasteiger partial charge on any atom is -0.497 e. The van der Waals surface area contributed by atoms with Crippen molar-refractivity contribution in [3.63, 3.8) is 0 Å². The summed E-state index contributed by atoms with van der Waals surface area (Å²) in [6, 6.07) is 16.7. The van der Waals surface area contributed by atoms with Crippen LogP contribution in [0.25, 0.3) is 0 Å². The Balaban J connectivity index is 1.76. The number of carbonyl (C=O) groups excluding carboxylic acids is 1. The normalized spacial score (nSPS) is 24.8. The molecule has 1 aliphatic rings. The molecule has 2 aromatic rings. The van der Waals surface area contributed by atoms with Gasteiger partial charge >= 0.3 is 5.97 Å². The molecule has 1 aliphatic heterocycles. The number of aliphatic hydroxyl groups excluding tert-OH is 1. The van der Waals surface area contributed by atoms with Crippen molar-refractivity contribution in [1.29, 1.82) is 0 Å². The van der Waals surface area contributed by atoms with Gasteiger partial charge in [-0.2, -0.15) is 0 Å².